The molecule has 3 heterocycles. The average Bonchev–Trinajstić information content (AvgIpc) is 3.06. The molecule has 116 valence electrons. The average molecular weight is 301 g/mol. The second-order valence-electron chi connectivity index (χ2n) is 6.01. The lowest BCUT2D eigenvalue weighted by molar-refractivity contribution is 0.181. The van der Waals surface area contributed by atoms with E-state index in [0.717, 1.165) is 17.2 Å². The highest BCUT2D eigenvalue weighted by Gasteiger charge is 2.15. The van der Waals surface area contributed by atoms with Crippen molar-refractivity contribution in [2.75, 3.05) is 12.4 Å². The van der Waals surface area contributed by atoms with Crippen molar-refractivity contribution in [2.24, 2.45) is 0 Å². The molecular weight excluding hydrogens is 282 g/mol. The van der Waals surface area contributed by atoms with E-state index >= 15 is 0 Å². The van der Waals surface area contributed by atoms with Gasteiger partial charge in [0.15, 0.2) is 0 Å². The van der Waals surface area contributed by atoms with Crippen LogP contribution in [-0.4, -0.2) is 36.5 Å². The second kappa shape index (κ2) is 5.38. The van der Waals surface area contributed by atoms with Gasteiger partial charge in [-0.2, -0.15) is 19.7 Å². The highest BCUT2D eigenvalue weighted by atomic mass is 16.5. The summed E-state index contributed by atoms with van der Waals surface area (Å²) in [5, 5.41) is 11.9. The van der Waals surface area contributed by atoms with Crippen molar-refractivity contribution in [1.29, 1.82) is 0 Å². The van der Waals surface area contributed by atoms with E-state index in [-0.39, 0.29) is 5.54 Å². The number of fused-ring (bicyclic) bond motifs is 1. The lowest BCUT2D eigenvalue weighted by Crippen LogP contribution is -2.21. The zero-order valence-electron chi connectivity index (χ0n) is 13.1. The lowest BCUT2D eigenvalue weighted by atomic mass is 10.1. The van der Waals surface area contributed by atoms with Gasteiger partial charge in [0, 0.05) is 19.4 Å². The third-order valence-electron chi connectivity index (χ3n) is 3.14. The summed E-state index contributed by atoms with van der Waals surface area (Å²) in [6.07, 6.45) is 5.21. The van der Waals surface area contributed by atoms with Gasteiger partial charge in [0.05, 0.1) is 29.7 Å². The fourth-order valence-corrected chi connectivity index (χ4v) is 2.07. The summed E-state index contributed by atoms with van der Waals surface area (Å²) in [6, 6.07) is 1.89. The molecule has 0 aliphatic rings. The van der Waals surface area contributed by atoms with E-state index in [9.17, 15) is 0 Å². The van der Waals surface area contributed by atoms with Gasteiger partial charge >= 0.3 is 0 Å². The first-order chi connectivity index (χ1) is 10.5. The molecule has 0 bridgehead atoms. The van der Waals surface area contributed by atoms with Crippen LogP contribution >= 0.6 is 0 Å². The quantitative estimate of drug-likeness (QED) is 0.793. The molecule has 0 aliphatic heterocycles. The molecule has 0 amide bonds. The first kappa shape index (κ1) is 14.5. The smallest absolute Gasteiger partial charge is 0.254 e. The van der Waals surface area contributed by atoms with Crippen molar-refractivity contribution in [2.45, 2.75) is 32.9 Å². The number of nitrogens with one attached hydrogen (secondary N) is 1. The second-order valence-corrected chi connectivity index (χ2v) is 6.01. The van der Waals surface area contributed by atoms with Crippen molar-refractivity contribution >= 4 is 17.3 Å². The molecule has 8 nitrogen and oxygen atoms in total. The maximum absolute atomic E-state index is 5.14. The molecule has 0 radical (unpaired) electrons. The Balaban J connectivity index is 1.95. The fourth-order valence-electron chi connectivity index (χ4n) is 2.07. The molecule has 0 atom stereocenters. The summed E-state index contributed by atoms with van der Waals surface area (Å²) in [5.74, 6) is 1.29. The predicted octanol–water partition coefficient (Wildman–Crippen LogP) is 1.97. The molecule has 0 aromatic carbocycles. The lowest BCUT2D eigenvalue weighted by Gasteiger charge is -2.18. The Hall–Kier alpha value is -2.48. The number of hydrogen-bond acceptors (Lipinski definition) is 6. The van der Waals surface area contributed by atoms with Crippen LogP contribution in [0.3, 0.4) is 0 Å². The first-order valence-corrected chi connectivity index (χ1v) is 6.98. The Kier molecular flexibility index (Phi) is 3.53. The van der Waals surface area contributed by atoms with Crippen LogP contribution < -0.4 is 5.32 Å². The molecule has 22 heavy (non-hydrogen) atoms. The van der Waals surface area contributed by atoms with Crippen LogP contribution in [0, 0.1) is 0 Å². The largest absolute Gasteiger partial charge is 0.378 e. The summed E-state index contributed by atoms with van der Waals surface area (Å²) in [4.78, 5) is 8.51. The van der Waals surface area contributed by atoms with E-state index < -0.39 is 0 Å². The standard InChI is InChI=1S/C14H19N7O/c1-14(2,3)20-7-11(6-16-20)18-12-5-10(8-22-4)19-13-15-9-17-21(12)13/h5-7,9,18H,8H2,1-4H3. The van der Waals surface area contributed by atoms with Gasteiger partial charge in [-0.05, 0) is 20.8 Å². The van der Waals surface area contributed by atoms with E-state index in [1.54, 1.807) is 17.8 Å². The molecule has 0 saturated carbocycles. The number of nitrogens with zero attached hydrogens (tertiary/aromatic N) is 6. The Morgan fingerprint density at radius 1 is 1.27 bits per heavy atom. The summed E-state index contributed by atoms with van der Waals surface area (Å²) in [5.41, 5.74) is 1.59. The Morgan fingerprint density at radius 3 is 2.77 bits per heavy atom. The molecule has 3 rings (SSSR count). The van der Waals surface area contributed by atoms with E-state index in [1.807, 2.05) is 16.9 Å². The molecule has 0 saturated heterocycles. The van der Waals surface area contributed by atoms with Crippen molar-refractivity contribution < 1.29 is 4.74 Å². The van der Waals surface area contributed by atoms with Gasteiger partial charge in [0.1, 0.15) is 12.1 Å². The van der Waals surface area contributed by atoms with Crippen LogP contribution in [0.4, 0.5) is 11.5 Å². The highest BCUT2D eigenvalue weighted by Crippen LogP contribution is 2.20. The molecule has 0 unspecified atom stereocenters. The first-order valence-electron chi connectivity index (χ1n) is 6.98. The molecule has 0 spiro atoms. The minimum absolute atomic E-state index is 0.0675. The number of anilines is 2. The number of ether oxygens (including phenoxy) is 1. The summed E-state index contributed by atoms with van der Waals surface area (Å²) in [6.45, 7) is 6.72. The number of aromatic nitrogens is 6. The third kappa shape index (κ3) is 2.77. The topological polar surface area (TPSA) is 82.2 Å². The molecule has 0 aliphatic carbocycles. The Morgan fingerprint density at radius 2 is 2.09 bits per heavy atom. The van der Waals surface area contributed by atoms with Crippen LogP contribution in [0.5, 0.6) is 0 Å². The van der Waals surface area contributed by atoms with Crippen LogP contribution in [0.1, 0.15) is 26.5 Å². The summed E-state index contributed by atoms with van der Waals surface area (Å²) in [7, 11) is 1.64. The van der Waals surface area contributed by atoms with Gasteiger partial charge < -0.3 is 10.1 Å². The van der Waals surface area contributed by atoms with Crippen molar-refractivity contribution in [3.05, 3.63) is 30.5 Å². The van der Waals surface area contributed by atoms with Crippen molar-refractivity contribution in [3.63, 3.8) is 0 Å². The van der Waals surface area contributed by atoms with Gasteiger partial charge in [0.2, 0.25) is 0 Å². The summed E-state index contributed by atoms with van der Waals surface area (Å²) >= 11 is 0. The van der Waals surface area contributed by atoms with Crippen LogP contribution in [0.15, 0.2) is 24.8 Å². The SMILES string of the molecule is COCc1cc(Nc2cnn(C(C)(C)C)c2)n2ncnc2n1. The molecule has 3 aromatic rings. The Labute approximate surface area is 128 Å². The van der Waals surface area contributed by atoms with Crippen LogP contribution in [-0.2, 0) is 16.9 Å². The predicted molar refractivity (Wildman–Crippen MR) is 82.0 cm³/mol. The van der Waals surface area contributed by atoms with Gasteiger partial charge in [-0.3, -0.25) is 4.68 Å². The minimum atomic E-state index is -0.0675. The number of rotatable bonds is 4. The Bertz CT molecular complexity index is 784. The number of methoxy groups -OCH3 is 1. The number of hydrogen-bond donors (Lipinski definition) is 1. The van der Waals surface area contributed by atoms with Crippen molar-refractivity contribution in [1.82, 2.24) is 29.4 Å². The monoisotopic (exact) mass is 301 g/mol. The third-order valence-corrected chi connectivity index (χ3v) is 3.14. The van der Waals surface area contributed by atoms with E-state index in [0.29, 0.717) is 12.4 Å². The molecule has 8 heteroatoms. The van der Waals surface area contributed by atoms with Gasteiger partial charge in [0.25, 0.3) is 5.78 Å². The van der Waals surface area contributed by atoms with E-state index in [2.05, 4.69) is 46.3 Å². The molecule has 3 aromatic heterocycles. The van der Waals surface area contributed by atoms with Gasteiger partial charge in [-0.25, -0.2) is 4.98 Å². The van der Waals surface area contributed by atoms with Crippen LogP contribution in [0.25, 0.3) is 5.78 Å². The van der Waals surface area contributed by atoms with E-state index in [4.69, 9.17) is 4.74 Å². The van der Waals surface area contributed by atoms with Crippen molar-refractivity contribution in [3.8, 4) is 0 Å². The molecule has 1 N–H and O–H groups in total. The zero-order chi connectivity index (χ0) is 15.7. The van der Waals surface area contributed by atoms with Gasteiger partial charge in [-0.15, -0.1) is 0 Å². The maximum Gasteiger partial charge on any atom is 0.254 e. The van der Waals surface area contributed by atoms with Crippen LogP contribution in [0.2, 0.25) is 0 Å². The minimum Gasteiger partial charge on any atom is -0.378 e. The normalized spacial score (nSPS) is 12.0. The van der Waals surface area contributed by atoms with Gasteiger partial charge in [-0.1, -0.05) is 0 Å². The summed E-state index contributed by atoms with van der Waals surface area (Å²) < 4.78 is 8.70. The molecular formula is C14H19N7O. The zero-order valence-corrected chi connectivity index (χ0v) is 13.1. The maximum atomic E-state index is 5.14. The molecule has 0 fully saturated rings. The van der Waals surface area contributed by atoms with E-state index in [1.165, 1.54) is 6.33 Å². The fraction of sp³-hybridized carbons (Fsp3) is 0.429. The highest BCUT2D eigenvalue weighted by molar-refractivity contribution is 5.57.